The highest BCUT2D eigenvalue weighted by Crippen LogP contribution is 2.40. The minimum Gasteiger partial charge on any atom is -0.496 e. The number of carboxylic acid groups (broad SMARTS) is 1. The van der Waals surface area contributed by atoms with Crippen molar-refractivity contribution in [2.24, 2.45) is 5.92 Å². The summed E-state index contributed by atoms with van der Waals surface area (Å²) >= 11 is 0. The van der Waals surface area contributed by atoms with Gasteiger partial charge in [-0.05, 0) is 58.7 Å². The number of carbonyl (C=O) groups is 1. The topological polar surface area (TPSA) is 84.8 Å². The molecule has 1 aliphatic heterocycles. The summed E-state index contributed by atoms with van der Waals surface area (Å²) in [6.07, 6.45) is 5.83. The Morgan fingerprint density at radius 1 is 1.02 bits per heavy atom. The summed E-state index contributed by atoms with van der Waals surface area (Å²) in [6, 6.07) is 20.8. The lowest BCUT2D eigenvalue weighted by atomic mass is 9.86. The van der Waals surface area contributed by atoms with Crippen molar-refractivity contribution in [1.82, 2.24) is 14.9 Å². The molecule has 3 aromatic carbocycles. The summed E-state index contributed by atoms with van der Waals surface area (Å²) in [5.41, 5.74) is 7.35. The summed E-state index contributed by atoms with van der Waals surface area (Å²) in [4.78, 5) is 21.8. The van der Waals surface area contributed by atoms with Gasteiger partial charge in [-0.1, -0.05) is 62.4 Å². The predicted molar refractivity (Wildman–Crippen MR) is 156 cm³/mol. The van der Waals surface area contributed by atoms with Crippen molar-refractivity contribution in [1.29, 1.82) is 0 Å². The zero-order valence-electron chi connectivity index (χ0n) is 23.2. The normalized spacial score (nSPS) is 14.9. The number of rotatable bonds is 8. The second-order valence-electron chi connectivity index (χ2n) is 10.6. The van der Waals surface area contributed by atoms with E-state index in [1.54, 1.807) is 30.6 Å². The number of fused-ring (bicyclic) bond motifs is 1. The van der Waals surface area contributed by atoms with Gasteiger partial charge in [-0.25, -0.2) is 4.79 Å². The zero-order valence-corrected chi connectivity index (χ0v) is 23.2. The number of ether oxygens (including phenoxy) is 2. The van der Waals surface area contributed by atoms with E-state index in [1.165, 1.54) is 11.1 Å². The molecule has 1 N–H and O–H groups in total. The van der Waals surface area contributed by atoms with Crippen LogP contribution in [0.1, 0.15) is 43.0 Å². The first kappa shape index (κ1) is 27.2. The van der Waals surface area contributed by atoms with Gasteiger partial charge in [-0.15, -0.1) is 0 Å². The monoisotopic (exact) mass is 537 g/mol. The van der Waals surface area contributed by atoms with Gasteiger partial charge in [0.05, 0.1) is 24.6 Å². The third-order valence-electron chi connectivity index (χ3n) is 7.41. The summed E-state index contributed by atoms with van der Waals surface area (Å²) in [5.74, 6) is 2.13. The first-order valence-electron chi connectivity index (χ1n) is 13.7. The van der Waals surface area contributed by atoms with Gasteiger partial charge in [0.1, 0.15) is 18.1 Å². The van der Waals surface area contributed by atoms with Gasteiger partial charge in [0.25, 0.3) is 0 Å². The molecule has 0 saturated heterocycles. The first-order chi connectivity index (χ1) is 19.4. The maximum Gasteiger partial charge on any atom is 0.407 e. The minimum atomic E-state index is -0.839. The van der Waals surface area contributed by atoms with Gasteiger partial charge in [-0.3, -0.25) is 9.97 Å². The molecular weight excluding hydrogens is 502 g/mol. The standard InChI is InChI=1S/C33H35N3O4/c1-22(2)17-27-20-36(33(37)38)16-13-26-18-25(11-12-29(26)27)23-7-9-24(10-8-23)32-30(39-3)5-4-6-31(32)40-21-28-19-34-14-15-35-28/h4-12,14-15,18-19,22,27H,13,16-17,20-21H2,1-3H3,(H,37,38). The van der Waals surface area contributed by atoms with E-state index in [4.69, 9.17) is 9.47 Å². The van der Waals surface area contributed by atoms with Crippen molar-refractivity contribution in [2.75, 3.05) is 20.2 Å². The molecule has 1 aromatic heterocycles. The van der Waals surface area contributed by atoms with Crippen LogP contribution in [0.5, 0.6) is 11.5 Å². The molecule has 0 aliphatic carbocycles. The van der Waals surface area contributed by atoms with E-state index in [9.17, 15) is 9.90 Å². The largest absolute Gasteiger partial charge is 0.496 e. The fourth-order valence-corrected chi connectivity index (χ4v) is 5.53. The Hall–Kier alpha value is -4.39. The highest BCUT2D eigenvalue weighted by Gasteiger charge is 2.26. The van der Waals surface area contributed by atoms with Gasteiger partial charge >= 0.3 is 6.09 Å². The van der Waals surface area contributed by atoms with Crippen molar-refractivity contribution in [2.45, 2.75) is 39.2 Å². The number of benzene rings is 3. The molecule has 5 rings (SSSR count). The van der Waals surface area contributed by atoms with Crippen molar-refractivity contribution >= 4 is 6.09 Å². The Morgan fingerprint density at radius 3 is 2.48 bits per heavy atom. The molecule has 0 saturated carbocycles. The highest BCUT2D eigenvalue weighted by molar-refractivity contribution is 5.79. The second-order valence-corrected chi connectivity index (χ2v) is 10.6. The molecule has 0 bridgehead atoms. The van der Waals surface area contributed by atoms with Crippen LogP contribution in [0.25, 0.3) is 22.3 Å². The number of aromatic nitrogens is 2. The average Bonchev–Trinajstić information content (AvgIpc) is 3.15. The van der Waals surface area contributed by atoms with Crippen molar-refractivity contribution in [3.05, 3.63) is 96.1 Å². The molecular formula is C33H35N3O4. The van der Waals surface area contributed by atoms with E-state index >= 15 is 0 Å². The summed E-state index contributed by atoms with van der Waals surface area (Å²) in [7, 11) is 1.66. The molecule has 1 aliphatic rings. The molecule has 40 heavy (non-hydrogen) atoms. The molecule has 7 heteroatoms. The van der Waals surface area contributed by atoms with Gasteiger partial charge in [0, 0.05) is 31.4 Å². The van der Waals surface area contributed by atoms with E-state index in [1.807, 2.05) is 18.2 Å². The van der Waals surface area contributed by atoms with E-state index in [2.05, 4.69) is 66.3 Å². The van der Waals surface area contributed by atoms with E-state index in [-0.39, 0.29) is 5.92 Å². The number of methoxy groups -OCH3 is 1. The lowest BCUT2D eigenvalue weighted by molar-refractivity contribution is 0.142. The number of hydrogen-bond donors (Lipinski definition) is 1. The van der Waals surface area contributed by atoms with Crippen molar-refractivity contribution in [3.63, 3.8) is 0 Å². The quantitative estimate of drug-likeness (QED) is 0.259. The Bertz CT molecular complexity index is 1450. The van der Waals surface area contributed by atoms with Gasteiger partial charge < -0.3 is 19.5 Å². The molecule has 206 valence electrons. The van der Waals surface area contributed by atoms with Crippen molar-refractivity contribution in [3.8, 4) is 33.8 Å². The number of nitrogens with zero attached hydrogens (tertiary/aromatic N) is 3. The fraction of sp³-hybridized carbons (Fsp3) is 0.303. The summed E-state index contributed by atoms with van der Waals surface area (Å²) in [6.45, 7) is 5.76. The maximum atomic E-state index is 11.8. The molecule has 1 atom stereocenters. The zero-order chi connectivity index (χ0) is 28.1. The Labute approximate surface area is 235 Å². The molecule has 0 fully saturated rings. The van der Waals surface area contributed by atoms with Gasteiger partial charge in [0.2, 0.25) is 0 Å². The van der Waals surface area contributed by atoms with Crippen LogP contribution in [-0.4, -0.2) is 46.3 Å². The lowest BCUT2D eigenvalue weighted by Gasteiger charge is -2.24. The smallest absolute Gasteiger partial charge is 0.407 e. The van der Waals surface area contributed by atoms with Gasteiger partial charge in [0.15, 0.2) is 0 Å². The average molecular weight is 538 g/mol. The summed E-state index contributed by atoms with van der Waals surface area (Å²) in [5, 5.41) is 9.70. The maximum absolute atomic E-state index is 11.8. The van der Waals surface area contributed by atoms with Crippen LogP contribution in [0.3, 0.4) is 0 Å². The Morgan fingerprint density at radius 2 is 1.77 bits per heavy atom. The lowest BCUT2D eigenvalue weighted by Crippen LogP contribution is -2.33. The van der Waals surface area contributed by atoms with Crippen LogP contribution in [0.2, 0.25) is 0 Å². The van der Waals surface area contributed by atoms with Crippen LogP contribution in [-0.2, 0) is 13.0 Å². The molecule has 2 heterocycles. The van der Waals surface area contributed by atoms with E-state index in [0.29, 0.717) is 31.4 Å². The second kappa shape index (κ2) is 12.2. The Kier molecular flexibility index (Phi) is 8.29. The molecule has 7 nitrogen and oxygen atoms in total. The molecule has 1 amide bonds. The third kappa shape index (κ3) is 6.09. The number of hydrogen-bond acceptors (Lipinski definition) is 5. The molecule has 0 spiro atoms. The van der Waals surface area contributed by atoms with Crippen LogP contribution < -0.4 is 9.47 Å². The van der Waals surface area contributed by atoms with E-state index in [0.717, 1.165) is 46.5 Å². The highest BCUT2D eigenvalue weighted by atomic mass is 16.5. The van der Waals surface area contributed by atoms with Crippen LogP contribution in [0.15, 0.2) is 79.3 Å². The van der Waals surface area contributed by atoms with Crippen LogP contribution in [0.4, 0.5) is 4.79 Å². The van der Waals surface area contributed by atoms with E-state index < -0.39 is 6.09 Å². The molecule has 1 unspecified atom stereocenters. The van der Waals surface area contributed by atoms with Crippen LogP contribution >= 0.6 is 0 Å². The fourth-order valence-electron chi connectivity index (χ4n) is 5.53. The first-order valence-corrected chi connectivity index (χ1v) is 13.7. The van der Waals surface area contributed by atoms with Crippen molar-refractivity contribution < 1.29 is 19.4 Å². The Balaban J connectivity index is 1.42. The van der Waals surface area contributed by atoms with Gasteiger partial charge in [-0.2, -0.15) is 0 Å². The third-order valence-corrected chi connectivity index (χ3v) is 7.41. The SMILES string of the molecule is COc1cccc(OCc2cnccn2)c1-c1ccc(-c2ccc3c(c2)CCN(C(=O)O)CC3CC(C)C)cc1. The molecule has 4 aromatic rings. The molecule has 0 radical (unpaired) electrons. The number of amides is 1. The summed E-state index contributed by atoms with van der Waals surface area (Å²) < 4.78 is 11.8. The van der Waals surface area contributed by atoms with Crippen LogP contribution in [0, 0.1) is 5.92 Å². The minimum absolute atomic E-state index is 0.204. The predicted octanol–water partition coefficient (Wildman–Crippen LogP) is 7.06.